The molecule has 0 bridgehead atoms. The molecule has 1 aromatic carbocycles. The highest BCUT2D eigenvalue weighted by molar-refractivity contribution is 9.05. The van der Waals surface area contributed by atoms with E-state index in [1.165, 1.54) is 0 Å². The van der Waals surface area contributed by atoms with Crippen LogP contribution in [0.15, 0.2) is 24.3 Å². The number of nitrogens with zero attached hydrogens (tertiary/aromatic N) is 1. The van der Waals surface area contributed by atoms with E-state index in [0.29, 0.717) is 11.1 Å². The van der Waals surface area contributed by atoms with Gasteiger partial charge in [-0.1, -0.05) is 18.2 Å². The van der Waals surface area contributed by atoms with Crippen molar-refractivity contribution in [3.63, 3.8) is 0 Å². The van der Waals surface area contributed by atoms with Crippen LogP contribution in [0.4, 0.5) is 0 Å². The SMILES string of the molecule is O=C1c2ccccc2C(O)N1OBr. The summed E-state index contributed by atoms with van der Waals surface area (Å²) in [5.74, 6) is -0.347. The summed E-state index contributed by atoms with van der Waals surface area (Å²) < 4.78 is 4.56. The molecule has 1 heterocycles. The number of hydrogen-bond donors (Lipinski definition) is 1. The van der Waals surface area contributed by atoms with Gasteiger partial charge in [-0.15, -0.1) is 0 Å². The normalized spacial score (nSPS) is 20.6. The van der Waals surface area contributed by atoms with Gasteiger partial charge in [-0.05, 0) is 6.07 Å². The molecule has 1 aliphatic rings. The fraction of sp³-hybridized carbons (Fsp3) is 0.125. The van der Waals surface area contributed by atoms with Gasteiger partial charge in [-0.3, -0.25) is 4.79 Å². The predicted molar refractivity (Wildman–Crippen MR) is 47.6 cm³/mol. The van der Waals surface area contributed by atoms with Crippen molar-refractivity contribution in [1.29, 1.82) is 0 Å². The third-order valence-corrected chi connectivity index (χ3v) is 2.28. The number of aliphatic hydroxyl groups excluding tert-OH is 1. The van der Waals surface area contributed by atoms with E-state index in [4.69, 9.17) is 0 Å². The molecule has 0 aromatic heterocycles. The number of aliphatic hydroxyl groups is 1. The Hall–Kier alpha value is -0.910. The Morgan fingerprint density at radius 3 is 2.77 bits per heavy atom. The molecule has 0 radical (unpaired) electrons. The highest BCUT2D eigenvalue weighted by atomic mass is 79.9. The zero-order valence-corrected chi connectivity index (χ0v) is 8.06. The van der Waals surface area contributed by atoms with Crippen molar-refractivity contribution in [3.8, 4) is 0 Å². The molecule has 1 unspecified atom stereocenters. The van der Waals surface area contributed by atoms with Gasteiger partial charge in [0.2, 0.25) is 0 Å². The quantitative estimate of drug-likeness (QED) is 0.811. The molecule has 2 rings (SSSR count). The second-order valence-electron chi connectivity index (χ2n) is 2.66. The maximum atomic E-state index is 11.4. The van der Waals surface area contributed by atoms with Gasteiger partial charge in [0.15, 0.2) is 6.23 Å². The number of carbonyl (C=O) groups excluding carboxylic acids is 1. The van der Waals surface area contributed by atoms with Crippen LogP contribution < -0.4 is 0 Å². The van der Waals surface area contributed by atoms with Crippen molar-refractivity contribution in [2.24, 2.45) is 0 Å². The molecule has 4 nitrogen and oxygen atoms in total. The molecule has 1 amide bonds. The Labute approximate surface area is 83.1 Å². The minimum Gasteiger partial charge on any atom is -0.367 e. The van der Waals surface area contributed by atoms with Crippen LogP contribution in [0.25, 0.3) is 0 Å². The van der Waals surface area contributed by atoms with E-state index in [9.17, 15) is 9.90 Å². The maximum absolute atomic E-state index is 11.4. The highest BCUT2D eigenvalue weighted by Gasteiger charge is 2.36. The van der Waals surface area contributed by atoms with Gasteiger partial charge >= 0.3 is 0 Å². The fourth-order valence-electron chi connectivity index (χ4n) is 1.34. The summed E-state index contributed by atoms with van der Waals surface area (Å²) in [6.45, 7) is 0. The molecule has 0 spiro atoms. The molecule has 0 saturated heterocycles. The van der Waals surface area contributed by atoms with Gasteiger partial charge in [0.1, 0.15) is 16.3 Å². The average Bonchev–Trinajstić information content (AvgIpc) is 2.41. The molecule has 0 saturated carbocycles. The van der Waals surface area contributed by atoms with Crippen LogP contribution in [-0.2, 0) is 3.93 Å². The zero-order chi connectivity index (χ0) is 9.42. The summed E-state index contributed by atoms with van der Waals surface area (Å²) in [5, 5.41) is 10.4. The topological polar surface area (TPSA) is 49.8 Å². The Morgan fingerprint density at radius 1 is 1.46 bits per heavy atom. The summed E-state index contributed by atoms with van der Waals surface area (Å²) in [6, 6.07) is 6.82. The lowest BCUT2D eigenvalue weighted by Crippen LogP contribution is -2.24. The Kier molecular flexibility index (Phi) is 2.07. The van der Waals surface area contributed by atoms with Crippen LogP contribution in [-0.4, -0.2) is 16.1 Å². The Bertz CT molecular complexity index is 355. The van der Waals surface area contributed by atoms with Crippen molar-refractivity contribution in [3.05, 3.63) is 35.4 Å². The zero-order valence-electron chi connectivity index (χ0n) is 6.48. The first-order valence-electron chi connectivity index (χ1n) is 3.65. The molecule has 0 fully saturated rings. The smallest absolute Gasteiger partial charge is 0.281 e. The van der Waals surface area contributed by atoms with E-state index in [1.54, 1.807) is 24.3 Å². The summed E-state index contributed by atoms with van der Waals surface area (Å²) in [7, 11) is 0. The van der Waals surface area contributed by atoms with E-state index < -0.39 is 6.23 Å². The van der Waals surface area contributed by atoms with Crippen LogP contribution in [0.5, 0.6) is 0 Å². The van der Waals surface area contributed by atoms with Crippen molar-refractivity contribution < 1.29 is 13.8 Å². The summed E-state index contributed by atoms with van der Waals surface area (Å²) >= 11 is 2.66. The van der Waals surface area contributed by atoms with Crippen molar-refractivity contribution in [2.45, 2.75) is 6.23 Å². The lowest BCUT2D eigenvalue weighted by Gasteiger charge is -2.14. The molecule has 1 aromatic rings. The molecule has 1 aliphatic heterocycles. The standard InChI is InChI=1S/C8H6BrNO3/c9-13-10-7(11)5-3-1-2-4-6(5)8(10)12/h1-4,7,11H. The van der Waals surface area contributed by atoms with Gasteiger partial charge in [0.05, 0.1) is 0 Å². The van der Waals surface area contributed by atoms with Crippen LogP contribution in [0, 0.1) is 0 Å². The molecule has 0 aliphatic carbocycles. The number of carbonyl (C=O) groups is 1. The van der Waals surface area contributed by atoms with Gasteiger partial charge < -0.3 is 5.11 Å². The monoisotopic (exact) mass is 243 g/mol. The van der Waals surface area contributed by atoms with Crippen molar-refractivity contribution >= 4 is 22.2 Å². The molecule has 5 heteroatoms. The second-order valence-corrected chi connectivity index (χ2v) is 2.95. The Morgan fingerprint density at radius 2 is 2.15 bits per heavy atom. The lowest BCUT2D eigenvalue weighted by atomic mass is 10.1. The first-order chi connectivity index (χ1) is 6.25. The lowest BCUT2D eigenvalue weighted by molar-refractivity contribution is -0.111. The van der Waals surface area contributed by atoms with Crippen LogP contribution in [0.2, 0.25) is 0 Å². The number of benzene rings is 1. The predicted octanol–water partition coefficient (Wildman–Crippen LogP) is 1.37. The van der Waals surface area contributed by atoms with E-state index in [1.807, 2.05) is 0 Å². The minimum atomic E-state index is -1.02. The van der Waals surface area contributed by atoms with E-state index in [-0.39, 0.29) is 5.91 Å². The third-order valence-electron chi connectivity index (χ3n) is 1.97. The summed E-state index contributed by atoms with van der Waals surface area (Å²) in [6.07, 6.45) is -1.02. The molecular formula is C8H6BrNO3. The number of amides is 1. The number of halogens is 1. The molecule has 13 heavy (non-hydrogen) atoms. The van der Waals surface area contributed by atoms with E-state index >= 15 is 0 Å². The first kappa shape index (κ1) is 8.68. The van der Waals surface area contributed by atoms with Crippen molar-refractivity contribution in [1.82, 2.24) is 5.06 Å². The third kappa shape index (κ3) is 1.16. The summed E-state index contributed by atoms with van der Waals surface area (Å²) in [5.41, 5.74) is 1.03. The van der Waals surface area contributed by atoms with Crippen LogP contribution in [0.3, 0.4) is 0 Å². The first-order valence-corrected chi connectivity index (χ1v) is 4.29. The summed E-state index contributed by atoms with van der Waals surface area (Å²) in [4.78, 5) is 11.4. The van der Waals surface area contributed by atoms with Crippen LogP contribution in [0.1, 0.15) is 22.1 Å². The molecule has 68 valence electrons. The van der Waals surface area contributed by atoms with E-state index in [0.717, 1.165) is 5.06 Å². The number of hydrogen-bond acceptors (Lipinski definition) is 3. The number of fused-ring (bicyclic) bond motifs is 1. The van der Waals surface area contributed by atoms with Gasteiger partial charge in [-0.2, -0.15) is 8.99 Å². The fourth-order valence-corrected chi connectivity index (χ4v) is 1.63. The molecular weight excluding hydrogens is 238 g/mol. The highest BCUT2D eigenvalue weighted by Crippen LogP contribution is 2.31. The largest absolute Gasteiger partial charge is 0.367 e. The van der Waals surface area contributed by atoms with Gasteiger partial charge in [-0.25, -0.2) is 0 Å². The van der Waals surface area contributed by atoms with Crippen LogP contribution >= 0.6 is 16.3 Å². The maximum Gasteiger partial charge on any atom is 0.281 e. The molecule has 1 atom stereocenters. The second kappa shape index (κ2) is 3.10. The van der Waals surface area contributed by atoms with Gasteiger partial charge in [0.25, 0.3) is 5.91 Å². The average molecular weight is 244 g/mol. The minimum absolute atomic E-state index is 0.347. The number of hydroxylamine groups is 2. The van der Waals surface area contributed by atoms with E-state index in [2.05, 4.69) is 20.2 Å². The number of rotatable bonds is 1. The molecule has 1 N–H and O–H groups in total. The van der Waals surface area contributed by atoms with Gasteiger partial charge in [0, 0.05) is 11.1 Å². The Balaban J connectivity index is 2.50. The van der Waals surface area contributed by atoms with Crippen molar-refractivity contribution in [2.75, 3.05) is 0 Å².